The topological polar surface area (TPSA) is 68.0 Å². The lowest BCUT2D eigenvalue weighted by Gasteiger charge is -2.01. The van der Waals surface area contributed by atoms with Gasteiger partial charge in [0.2, 0.25) is 0 Å². The number of aromatic carboxylic acids is 1. The number of carboxylic acid groups (broad SMARTS) is 1. The third-order valence-corrected chi connectivity index (χ3v) is 3.21. The second-order valence-electron chi connectivity index (χ2n) is 4.55. The van der Waals surface area contributed by atoms with Crippen molar-refractivity contribution in [2.45, 2.75) is 25.8 Å². The average Bonchev–Trinajstić information content (AvgIpc) is 3.06. The zero-order valence-corrected chi connectivity index (χ0v) is 9.33. The SMILES string of the molecule is O=C(O)c1ccc2nnn(CCC3CC3)c2c1. The lowest BCUT2D eigenvalue weighted by atomic mass is 10.2. The molecule has 0 saturated heterocycles. The summed E-state index contributed by atoms with van der Waals surface area (Å²) in [6.45, 7) is 0.824. The number of carboxylic acids is 1. The number of hydrogen-bond donors (Lipinski definition) is 1. The summed E-state index contributed by atoms with van der Waals surface area (Å²) >= 11 is 0. The third-order valence-electron chi connectivity index (χ3n) is 3.21. The number of fused-ring (bicyclic) bond motifs is 1. The van der Waals surface area contributed by atoms with Gasteiger partial charge in [-0.15, -0.1) is 5.10 Å². The van der Waals surface area contributed by atoms with Gasteiger partial charge in [0.05, 0.1) is 11.1 Å². The minimum Gasteiger partial charge on any atom is -0.478 e. The smallest absolute Gasteiger partial charge is 0.335 e. The maximum absolute atomic E-state index is 10.9. The van der Waals surface area contributed by atoms with E-state index in [0.717, 1.165) is 29.9 Å². The Morgan fingerprint density at radius 3 is 3.00 bits per heavy atom. The molecule has 1 heterocycles. The van der Waals surface area contributed by atoms with Crippen molar-refractivity contribution in [3.8, 4) is 0 Å². The quantitative estimate of drug-likeness (QED) is 0.873. The molecular weight excluding hydrogens is 218 g/mol. The molecule has 1 aromatic carbocycles. The Labute approximate surface area is 98.0 Å². The molecule has 17 heavy (non-hydrogen) atoms. The van der Waals surface area contributed by atoms with Crippen molar-refractivity contribution in [2.24, 2.45) is 5.92 Å². The summed E-state index contributed by atoms with van der Waals surface area (Å²) in [5.41, 5.74) is 1.85. The predicted molar refractivity (Wildman–Crippen MR) is 61.8 cm³/mol. The van der Waals surface area contributed by atoms with Gasteiger partial charge in [0.15, 0.2) is 0 Å². The van der Waals surface area contributed by atoms with Crippen molar-refractivity contribution in [3.63, 3.8) is 0 Å². The summed E-state index contributed by atoms with van der Waals surface area (Å²) in [5.74, 6) is -0.0845. The Hall–Kier alpha value is -1.91. The highest BCUT2D eigenvalue weighted by Crippen LogP contribution is 2.32. The summed E-state index contributed by atoms with van der Waals surface area (Å²) in [4.78, 5) is 10.9. The second-order valence-corrected chi connectivity index (χ2v) is 4.55. The van der Waals surface area contributed by atoms with Crippen molar-refractivity contribution in [1.29, 1.82) is 0 Å². The fourth-order valence-electron chi connectivity index (χ4n) is 1.97. The Balaban J connectivity index is 1.93. The average molecular weight is 231 g/mol. The molecule has 1 aromatic heterocycles. The van der Waals surface area contributed by atoms with Gasteiger partial charge in [-0.1, -0.05) is 18.1 Å². The monoisotopic (exact) mass is 231 g/mol. The fourth-order valence-corrected chi connectivity index (χ4v) is 1.97. The minimum atomic E-state index is -0.915. The van der Waals surface area contributed by atoms with Crippen molar-refractivity contribution in [3.05, 3.63) is 23.8 Å². The van der Waals surface area contributed by atoms with Crippen LogP contribution < -0.4 is 0 Å². The molecule has 0 radical (unpaired) electrons. The summed E-state index contributed by atoms with van der Waals surface area (Å²) in [6.07, 6.45) is 3.73. The molecule has 88 valence electrons. The largest absolute Gasteiger partial charge is 0.478 e. The van der Waals surface area contributed by atoms with E-state index in [1.807, 2.05) is 0 Å². The predicted octanol–water partition coefficient (Wildman–Crippen LogP) is 1.93. The third kappa shape index (κ3) is 2.00. The van der Waals surface area contributed by atoms with Gasteiger partial charge in [-0.3, -0.25) is 0 Å². The molecule has 1 saturated carbocycles. The molecule has 0 amide bonds. The van der Waals surface area contributed by atoms with Crippen LogP contribution in [0.15, 0.2) is 18.2 Å². The lowest BCUT2D eigenvalue weighted by molar-refractivity contribution is 0.0697. The van der Waals surface area contributed by atoms with E-state index in [4.69, 9.17) is 5.11 Å². The van der Waals surface area contributed by atoms with Gasteiger partial charge in [0.1, 0.15) is 5.52 Å². The number of nitrogens with zero attached hydrogens (tertiary/aromatic N) is 3. The van der Waals surface area contributed by atoms with Crippen molar-refractivity contribution in [1.82, 2.24) is 15.0 Å². The zero-order valence-electron chi connectivity index (χ0n) is 9.33. The van der Waals surface area contributed by atoms with Gasteiger partial charge >= 0.3 is 5.97 Å². The summed E-state index contributed by atoms with van der Waals surface area (Å²) < 4.78 is 1.81. The second kappa shape index (κ2) is 3.84. The molecule has 0 aliphatic heterocycles. The number of rotatable bonds is 4. The Kier molecular flexibility index (Phi) is 2.31. The maximum Gasteiger partial charge on any atom is 0.335 e. The van der Waals surface area contributed by atoms with Gasteiger partial charge in [-0.2, -0.15) is 0 Å². The van der Waals surface area contributed by atoms with Crippen LogP contribution in [0, 0.1) is 5.92 Å². The molecule has 1 aliphatic rings. The fraction of sp³-hybridized carbons (Fsp3) is 0.417. The maximum atomic E-state index is 10.9. The molecule has 1 fully saturated rings. The highest BCUT2D eigenvalue weighted by Gasteiger charge is 2.21. The number of benzene rings is 1. The van der Waals surface area contributed by atoms with Gasteiger partial charge in [-0.25, -0.2) is 9.48 Å². The number of aromatic nitrogens is 3. The van der Waals surface area contributed by atoms with Gasteiger partial charge in [0, 0.05) is 6.54 Å². The molecule has 0 bridgehead atoms. The Bertz CT molecular complexity index is 572. The molecule has 3 rings (SSSR count). The Morgan fingerprint density at radius 1 is 1.47 bits per heavy atom. The van der Waals surface area contributed by atoms with E-state index < -0.39 is 5.97 Å². The highest BCUT2D eigenvalue weighted by molar-refractivity contribution is 5.92. The van der Waals surface area contributed by atoms with Crippen LogP contribution in [-0.2, 0) is 6.54 Å². The van der Waals surface area contributed by atoms with Gasteiger partial charge < -0.3 is 5.11 Å². The standard InChI is InChI=1S/C12H13N3O2/c16-12(17)9-3-4-10-11(7-9)15(14-13-10)6-5-8-1-2-8/h3-4,7-8H,1-2,5-6H2,(H,16,17). The van der Waals surface area contributed by atoms with Crippen LogP contribution in [0.2, 0.25) is 0 Å². The van der Waals surface area contributed by atoms with Crippen molar-refractivity contribution >= 4 is 17.0 Å². The molecule has 1 N–H and O–H groups in total. The van der Waals surface area contributed by atoms with E-state index in [0.29, 0.717) is 0 Å². The van der Waals surface area contributed by atoms with E-state index in [9.17, 15) is 4.79 Å². The normalized spacial score (nSPS) is 15.3. The molecule has 0 unspecified atom stereocenters. The first-order valence-corrected chi connectivity index (χ1v) is 5.80. The molecule has 0 atom stereocenters. The first kappa shape index (κ1) is 10.3. The van der Waals surface area contributed by atoms with E-state index >= 15 is 0 Å². The van der Waals surface area contributed by atoms with Crippen LogP contribution in [0.5, 0.6) is 0 Å². The van der Waals surface area contributed by atoms with Crippen LogP contribution in [0.1, 0.15) is 29.6 Å². The summed E-state index contributed by atoms with van der Waals surface area (Å²) in [5, 5.41) is 17.1. The lowest BCUT2D eigenvalue weighted by Crippen LogP contribution is -2.02. The van der Waals surface area contributed by atoms with E-state index in [2.05, 4.69) is 10.3 Å². The number of carbonyl (C=O) groups is 1. The molecule has 5 heteroatoms. The summed E-state index contributed by atoms with van der Waals surface area (Å²) in [6, 6.07) is 4.91. The molecule has 5 nitrogen and oxygen atoms in total. The van der Waals surface area contributed by atoms with Crippen LogP contribution in [0.3, 0.4) is 0 Å². The first-order chi connectivity index (χ1) is 8.24. The van der Waals surface area contributed by atoms with E-state index in [1.54, 1.807) is 22.9 Å². The van der Waals surface area contributed by atoms with Gasteiger partial charge in [0.25, 0.3) is 0 Å². The van der Waals surface area contributed by atoms with Crippen LogP contribution in [-0.4, -0.2) is 26.1 Å². The van der Waals surface area contributed by atoms with E-state index in [1.165, 1.54) is 12.8 Å². The van der Waals surface area contributed by atoms with Crippen molar-refractivity contribution < 1.29 is 9.90 Å². The molecule has 2 aromatic rings. The van der Waals surface area contributed by atoms with Crippen LogP contribution in [0.4, 0.5) is 0 Å². The zero-order chi connectivity index (χ0) is 11.8. The van der Waals surface area contributed by atoms with E-state index in [-0.39, 0.29) is 5.56 Å². The van der Waals surface area contributed by atoms with Crippen LogP contribution >= 0.6 is 0 Å². The molecule has 0 spiro atoms. The molecule has 1 aliphatic carbocycles. The first-order valence-electron chi connectivity index (χ1n) is 5.80. The number of hydrogen-bond acceptors (Lipinski definition) is 3. The van der Waals surface area contributed by atoms with Gasteiger partial charge in [-0.05, 0) is 30.5 Å². The highest BCUT2D eigenvalue weighted by atomic mass is 16.4. The molecular formula is C12H13N3O2. The number of aryl methyl sites for hydroxylation is 1. The Morgan fingerprint density at radius 2 is 2.29 bits per heavy atom. The summed E-state index contributed by atoms with van der Waals surface area (Å²) in [7, 11) is 0. The van der Waals surface area contributed by atoms with Crippen LogP contribution in [0.25, 0.3) is 11.0 Å². The minimum absolute atomic E-state index is 0.285. The van der Waals surface area contributed by atoms with Crippen molar-refractivity contribution in [2.75, 3.05) is 0 Å².